The van der Waals surface area contributed by atoms with E-state index in [1.165, 1.54) is 17.7 Å². The second-order valence-electron chi connectivity index (χ2n) is 8.83. The van der Waals surface area contributed by atoms with Crippen LogP contribution in [0.3, 0.4) is 0 Å². The summed E-state index contributed by atoms with van der Waals surface area (Å²) in [5.74, 6) is 0.802. The monoisotopic (exact) mass is 446 g/mol. The Bertz CT molecular complexity index is 869. The fourth-order valence-electron chi connectivity index (χ4n) is 4.09. The van der Waals surface area contributed by atoms with Gasteiger partial charge in [-0.15, -0.1) is 0 Å². The van der Waals surface area contributed by atoms with Crippen molar-refractivity contribution in [3.8, 4) is 0 Å². The molecule has 3 rings (SSSR count). The number of likely N-dealkylation sites (tertiary alicyclic amines) is 1. The highest BCUT2D eigenvalue weighted by Crippen LogP contribution is 2.29. The molecule has 0 aromatic heterocycles. The van der Waals surface area contributed by atoms with Gasteiger partial charge in [0.1, 0.15) is 0 Å². The molecule has 1 aliphatic rings. The van der Waals surface area contributed by atoms with E-state index in [0.717, 1.165) is 50.7 Å². The molecule has 2 aromatic carbocycles. The van der Waals surface area contributed by atoms with Crippen LogP contribution in [-0.4, -0.2) is 30.4 Å². The smallest absolute Gasteiger partial charge is 0.356 e. The van der Waals surface area contributed by atoms with Crippen molar-refractivity contribution in [1.29, 1.82) is 0 Å². The first-order chi connectivity index (χ1) is 15.3. The summed E-state index contributed by atoms with van der Waals surface area (Å²) in [6.07, 6.45) is -0.859. The van der Waals surface area contributed by atoms with Crippen molar-refractivity contribution in [2.75, 3.05) is 19.6 Å². The first kappa shape index (κ1) is 24.3. The Hall–Kier alpha value is -2.34. The maximum Gasteiger partial charge on any atom is 0.416 e. The van der Waals surface area contributed by atoms with E-state index in [9.17, 15) is 18.0 Å². The minimum Gasteiger partial charge on any atom is -0.356 e. The van der Waals surface area contributed by atoms with Crippen molar-refractivity contribution in [3.63, 3.8) is 0 Å². The number of hydrogen-bond donors (Lipinski definition) is 1. The predicted octanol–water partition coefficient (Wildman–Crippen LogP) is 5.47. The molecule has 0 bridgehead atoms. The number of rotatable bonds is 10. The molecule has 1 amide bonds. The summed E-state index contributed by atoms with van der Waals surface area (Å²) in [7, 11) is 0. The second kappa shape index (κ2) is 11.0. The van der Waals surface area contributed by atoms with Gasteiger partial charge in [-0.3, -0.25) is 9.69 Å². The summed E-state index contributed by atoms with van der Waals surface area (Å²) < 4.78 is 38.6. The Labute approximate surface area is 189 Å². The summed E-state index contributed by atoms with van der Waals surface area (Å²) in [4.78, 5) is 14.5. The fraction of sp³-hybridized carbons (Fsp3) is 0.500. The van der Waals surface area contributed by atoms with Gasteiger partial charge in [-0.1, -0.05) is 69.2 Å². The normalized spacial score (nSPS) is 15.1. The van der Waals surface area contributed by atoms with E-state index >= 15 is 0 Å². The lowest BCUT2D eigenvalue weighted by Gasteiger charge is -2.38. The van der Waals surface area contributed by atoms with Gasteiger partial charge in [-0.05, 0) is 41.5 Å². The second-order valence-corrected chi connectivity index (χ2v) is 8.83. The van der Waals surface area contributed by atoms with Crippen LogP contribution in [-0.2, 0) is 30.4 Å². The molecular formula is C26H33F3N2O. The van der Waals surface area contributed by atoms with Gasteiger partial charge in [0, 0.05) is 26.2 Å². The van der Waals surface area contributed by atoms with Crippen molar-refractivity contribution in [2.24, 2.45) is 11.8 Å². The van der Waals surface area contributed by atoms with Crippen LogP contribution in [0.15, 0.2) is 48.5 Å². The zero-order chi connectivity index (χ0) is 23.1. The van der Waals surface area contributed by atoms with E-state index in [1.54, 1.807) is 6.07 Å². The Morgan fingerprint density at radius 2 is 1.62 bits per heavy atom. The maximum atomic E-state index is 12.9. The maximum absolute atomic E-state index is 12.9. The van der Waals surface area contributed by atoms with Gasteiger partial charge >= 0.3 is 6.18 Å². The third-order valence-corrected chi connectivity index (χ3v) is 6.43. The minimum atomic E-state index is -4.30. The number of alkyl halides is 3. The zero-order valence-corrected chi connectivity index (χ0v) is 18.9. The third-order valence-electron chi connectivity index (χ3n) is 6.43. The molecule has 0 aliphatic carbocycles. The highest BCUT2D eigenvalue weighted by Gasteiger charge is 2.32. The van der Waals surface area contributed by atoms with E-state index in [1.807, 2.05) is 12.1 Å². The van der Waals surface area contributed by atoms with Crippen molar-refractivity contribution < 1.29 is 18.0 Å². The van der Waals surface area contributed by atoms with E-state index in [4.69, 9.17) is 0 Å². The molecular weight excluding hydrogens is 413 g/mol. The fourth-order valence-corrected chi connectivity index (χ4v) is 4.09. The lowest BCUT2D eigenvalue weighted by Crippen LogP contribution is -2.53. The van der Waals surface area contributed by atoms with Crippen LogP contribution in [0.4, 0.5) is 13.2 Å². The lowest BCUT2D eigenvalue weighted by atomic mass is 9.96. The number of aryl methyl sites for hydroxylation is 2. The van der Waals surface area contributed by atoms with Crippen LogP contribution in [0, 0.1) is 11.8 Å². The number of halogens is 3. The molecule has 2 aromatic rings. The summed E-state index contributed by atoms with van der Waals surface area (Å²) in [5.41, 5.74) is 2.39. The van der Waals surface area contributed by atoms with Crippen LogP contribution in [0.1, 0.15) is 48.9 Å². The number of hydrogen-bond acceptors (Lipinski definition) is 2. The molecule has 1 N–H and O–H groups in total. The van der Waals surface area contributed by atoms with Gasteiger partial charge < -0.3 is 5.32 Å². The number of nitrogens with one attached hydrogen (secondary N) is 1. The molecule has 1 fully saturated rings. The Morgan fingerprint density at radius 3 is 2.25 bits per heavy atom. The number of benzene rings is 2. The minimum absolute atomic E-state index is 0.0797. The molecule has 174 valence electrons. The summed E-state index contributed by atoms with van der Waals surface area (Å²) >= 11 is 0. The molecule has 0 radical (unpaired) electrons. The van der Waals surface area contributed by atoms with Crippen molar-refractivity contribution >= 4 is 5.91 Å². The van der Waals surface area contributed by atoms with Gasteiger partial charge in [0.15, 0.2) is 0 Å². The van der Waals surface area contributed by atoms with Crippen LogP contribution < -0.4 is 5.32 Å². The molecule has 1 saturated heterocycles. The van der Waals surface area contributed by atoms with Crippen molar-refractivity contribution in [1.82, 2.24) is 10.2 Å². The largest absolute Gasteiger partial charge is 0.416 e. The Balaban J connectivity index is 1.41. The van der Waals surface area contributed by atoms with E-state index < -0.39 is 11.7 Å². The summed E-state index contributed by atoms with van der Waals surface area (Å²) in [6.45, 7) is 7.46. The van der Waals surface area contributed by atoms with E-state index in [0.29, 0.717) is 24.3 Å². The predicted molar refractivity (Wildman–Crippen MR) is 121 cm³/mol. The first-order valence-corrected chi connectivity index (χ1v) is 11.5. The molecule has 0 unspecified atom stereocenters. The topological polar surface area (TPSA) is 32.3 Å². The number of carbonyl (C=O) groups is 1. The van der Waals surface area contributed by atoms with Crippen LogP contribution in [0.5, 0.6) is 0 Å². The van der Waals surface area contributed by atoms with Crippen molar-refractivity contribution in [3.05, 3.63) is 70.8 Å². The molecule has 0 atom stereocenters. The molecule has 0 saturated carbocycles. The number of carbonyl (C=O) groups excluding carboxylic acids is 1. The van der Waals surface area contributed by atoms with Crippen LogP contribution in [0.2, 0.25) is 0 Å². The van der Waals surface area contributed by atoms with Gasteiger partial charge in [0.2, 0.25) is 5.91 Å². The third kappa shape index (κ3) is 6.83. The molecule has 0 spiro atoms. The van der Waals surface area contributed by atoms with Crippen molar-refractivity contribution in [2.45, 2.75) is 52.3 Å². The Morgan fingerprint density at radius 1 is 1.00 bits per heavy atom. The molecule has 1 aliphatic heterocycles. The standard InChI is InChI=1S/C26H33F3N2O/c1-3-19(4-2)15-30-25(32)23-17-31(18-23)16-22-12-9-20(10-13-22)8-11-21-6-5-7-24(14-21)26(27,28)29/h5-7,9-10,12-14,19,23H,3-4,8,11,15-18H2,1-2H3,(H,30,32). The summed E-state index contributed by atoms with van der Waals surface area (Å²) in [5, 5.41) is 3.09. The average Bonchev–Trinajstić information content (AvgIpc) is 2.75. The quantitative estimate of drug-likeness (QED) is 0.525. The number of amides is 1. The van der Waals surface area contributed by atoms with E-state index in [2.05, 4.69) is 36.2 Å². The first-order valence-electron chi connectivity index (χ1n) is 11.5. The summed E-state index contributed by atoms with van der Waals surface area (Å²) in [6, 6.07) is 13.8. The van der Waals surface area contributed by atoms with Gasteiger partial charge in [0.05, 0.1) is 11.5 Å². The average molecular weight is 447 g/mol. The highest BCUT2D eigenvalue weighted by atomic mass is 19.4. The van der Waals surface area contributed by atoms with Crippen LogP contribution >= 0.6 is 0 Å². The van der Waals surface area contributed by atoms with Gasteiger partial charge in [0.25, 0.3) is 0 Å². The zero-order valence-electron chi connectivity index (χ0n) is 18.9. The highest BCUT2D eigenvalue weighted by molar-refractivity contribution is 5.80. The molecule has 1 heterocycles. The molecule has 32 heavy (non-hydrogen) atoms. The lowest BCUT2D eigenvalue weighted by molar-refractivity contribution is -0.137. The van der Waals surface area contributed by atoms with E-state index in [-0.39, 0.29) is 11.8 Å². The van der Waals surface area contributed by atoms with Gasteiger partial charge in [-0.25, -0.2) is 0 Å². The number of nitrogens with zero attached hydrogens (tertiary/aromatic N) is 1. The Kier molecular flexibility index (Phi) is 8.35. The van der Waals surface area contributed by atoms with Gasteiger partial charge in [-0.2, -0.15) is 13.2 Å². The molecule has 6 heteroatoms. The SMILES string of the molecule is CCC(CC)CNC(=O)C1CN(Cc2ccc(CCc3cccc(C(F)(F)F)c3)cc2)C1. The molecule has 3 nitrogen and oxygen atoms in total. The van der Waals surface area contributed by atoms with Crippen LogP contribution in [0.25, 0.3) is 0 Å².